The largest absolute Gasteiger partial charge is 0.493 e. The van der Waals surface area contributed by atoms with Crippen molar-refractivity contribution in [3.8, 4) is 11.5 Å². The van der Waals surface area contributed by atoms with Gasteiger partial charge in [0.15, 0.2) is 5.11 Å². The minimum absolute atomic E-state index is 0.185. The van der Waals surface area contributed by atoms with Gasteiger partial charge in [-0.05, 0) is 61.8 Å². The van der Waals surface area contributed by atoms with Crippen molar-refractivity contribution in [3.05, 3.63) is 52.5 Å². The van der Waals surface area contributed by atoms with Crippen LogP contribution in [0.15, 0.2) is 46.9 Å². The van der Waals surface area contributed by atoms with E-state index in [0.29, 0.717) is 55.1 Å². The van der Waals surface area contributed by atoms with E-state index in [2.05, 4.69) is 40.4 Å². The number of amides is 1. The van der Waals surface area contributed by atoms with E-state index >= 15 is 0 Å². The van der Waals surface area contributed by atoms with Gasteiger partial charge in [0.2, 0.25) is 0 Å². The summed E-state index contributed by atoms with van der Waals surface area (Å²) in [6.45, 7) is 8.37. The summed E-state index contributed by atoms with van der Waals surface area (Å²) in [5.41, 5.74) is 1.12. The van der Waals surface area contributed by atoms with E-state index in [1.54, 1.807) is 12.1 Å². The topological polar surface area (TPSA) is 68.8 Å². The van der Waals surface area contributed by atoms with Gasteiger partial charge in [0.1, 0.15) is 18.1 Å². The molecule has 0 aliphatic carbocycles. The van der Waals surface area contributed by atoms with E-state index in [4.69, 9.17) is 26.4 Å². The normalized spacial score (nSPS) is 10.6. The molecule has 0 aliphatic heterocycles. The molecular weight excluding hydrogens is 480 g/mol. The number of halogens is 1. The van der Waals surface area contributed by atoms with Gasteiger partial charge in [0, 0.05) is 22.8 Å². The molecule has 0 spiro atoms. The number of carbonyl (C=O) groups is 1. The third-order valence-electron chi connectivity index (χ3n) is 4.16. The second-order valence-corrected chi connectivity index (χ2v) is 8.48. The summed E-state index contributed by atoms with van der Waals surface area (Å²) < 4.78 is 17.5. The molecule has 1 amide bonds. The molecule has 0 atom stereocenters. The highest BCUT2D eigenvalue weighted by molar-refractivity contribution is 9.10. The predicted molar refractivity (Wildman–Crippen MR) is 131 cm³/mol. The summed E-state index contributed by atoms with van der Waals surface area (Å²) in [5, 5.41) is 5.91. The Morgan fingerprint density at radius 3 is 2.65 bits per heavy atom. The van der Waals surface area contributed by atoms with Gasteiger partial charge in [-0.25, -0.2) is 0 Å². The number of nitrogens with one attached hydrogen (secondary N) is 2. The summed E-state index contributed by atoms with van der Waals surface area (Å²) in [6.07, 6.45) is 0.903. The third kappa shape index (κ3) is 9.25. The van der Waals surface area contributed by atoms with E-state index in [1.165, 1.54) is 0 Å². The zero-order valence-corrected chi connectivity index (χ0v) is 20.5. The lowest BCUT2D eigenvalue weighted by atomic mass is 10.1. The standard InChI is InChI=1S/C23H29BrN2O4S/c1-4-28-12-13-29-19-7-5-6-18(15-19)25-23(31)26-22(27)20-14-17(24)8-9-21(20)30-11-10-16(2)3/h5-9,14-16H,4,10-13H2,1-3H3,(H2,25,26,27,31). The molecule has 8 heteroatoms. The van der Waals surface area contributed by atoms with E-state index in [-0.39, 0.29) is 11.0 Å². The zero-order valence-electron chi connectivity index (χ0n) is 18.1. The maximum Gasteiger partial charge on any atom is 0.261 e. The highest BCUT2D eigenvalue weighted by Gasteiger charge is 2.15. The molecule has 2 rings (SSSR count). The fraction of sp³-hybridized carbons (Fsp3) is 0.391. The molecule has 31 heavy (non-hydrogen) atoms. The number of ether oxygens (including phenoxy) is 3. The first-order chi connectivity index (χ1) is 14.9. The van der Waals surface area contributed by atoms with Crippen molar-refractivity contribution in [1.82, 2.24) is 5.32 Å². The van der Waals surface area contributed by atoms with Crippen LogP contribution in [0.2, 0.25) is 0 Å². The molecule has 0 saturated heterocycles. The monoisotopic (exact) mass is 508 g/mol. The van der Waals surface area contributed by atoms with Crippen LogP contribution in [0.5, 0.6) is 11.5 Å². The molecule has 0 aromatic heterocycles. The molecule has 0 aliphatic rings. The van der Waals surface area contributed by atoms with Crippen LogP contribution in [0.1, 0.15) is 37.6 Å². The van der Waals surface area contributed by atoms with Gasteiger partial charge in [-0.15, -0.1) is 0 Å². The lowest BCUT2D eigenvalue weighted by molar-refractivity contribution is 0.0973. The third-order valence-corrected chi connectivity index (χ3v) is 4.86. The minimum atomic E-state index is -0.345. The lowest BCUT2D eigenvalue weighted by Gasteiger charge is -2.14. The maximum absolute atomic E-state index is 12.8. The van der Waals surface area contributed by atoms with Crippen molar-refractivity contribution in [2.75, 3.05) is 31.7 Å². The second kappa shape index (κ2) is 13.3. The molecule has 2 N–H and O–H groups in total. The van der Waals surface area contributed by atoms with E-state index in [0.717, 1.165) is 10.9 Å². The average molecular weight is 509 g/mol. The Hall–Kier alpha value is -2.16. The van der Waals surface area contributed by atoms with Crippen molar-refractivity contribution in [2.45, 2.75) is 27.2 Å². The van der Waals surface area contributed by atoms with Gasteiger partial charge < -0.3 is 19.5 Å². The van der Waals surface area contributed by atoms with Crippen LogP contribution in [0.25, 0.3) is 0 Å². The Labute approximate surface area is 197 Å². The van der Waals surface area contributed by atoms with Crippen LogP contribution >= 0.6 is 28.1 Å². The Morgan fingerprint density at radius 1 is 1.10 bits per heavy atom. The number of thiocarbonyl (C=S) groups is 1. The predicted octanol–water partition coefficient (Wildman–Crippen LogP) is 5.42. The zero-order chi connectivity index (χ0) is 22.6. The van der Waals surface area contributed by atoms with Crippen LogP contribution < -0.4 is 20.1 Å². The van der Waals surface area contributed by atoms with Crippen LogP contribution in [0.4, 0.5) is 5.69 Å². The number of anilines is 1. The molecule has 168 valence electrons. The SMILES string of the molecule is CCOCCOc1cccc(NC(=S)NC(=O)c2cc(Br)ccc2OCCC(C)C)c1. The smallest absolute Gasteiger partial charge is 0.261 e. The highest BCUT2D eigenvalue weighted by Crippen LogP contribution is 2.24. The Balaban J connectivity index is 1.96. The number of rotatable bonds is 11. The number of benzene rings is 2. The molecule has 0 saturated carbocycles. The molecule has 0 bridgehead atoms. The number of hydrogen-bond donors (Lipinski definition) is 2. The fourth-order valence-corrected chi connectivity index (χ4v) is 3.14. The molecule has 0 unspecified atom stereocenters. The molecule has 0 fully saturated rings. The number of hydrogen-bond acceptors (Lipinski definition) is 5. The van der Waals surface area contributed by atoms with Crippen LogP contribution in [0, 0.1) is 5.92 Å². The van der Waals surface area contributed by atoms with Crippen LogP contribution in [-0.2, 0) is 4.74 Å². The van der Waals surface area contributed by atoms with E-state index < -0.39 is 0 Å². The lowest BCUT2D eigenvalue weighted by Crippen LogP contribution is -2.34. The summed E-state index contributed by atoms with van der Waals surface area (Å²) in [4.78, 5) is 12.8. The molecular formula is C23H29BrN2O4S. The molecule has 0 radical (unpaired) electrons. The van der Waals surface area contributed by atoms with Crippen molar-refractivity contribution in [2.24, 2.45) is 5.92 Å². The first-order valence-corrected chi connectivity index (χ1v) is 11.4. The summed E-state index contributed by atoms with van der Waals surface area (Å²) >= 11 is 8.73. The quantitative estimate of drug-likeness (QED) is 0.312. The molecule has 2 aromatic rings. The molecule has 2 aromatic carbocycles. The minimum Gasteiger partial charge on any atom is -0.493 e. The first kappa shape index (κ1) is 25.1. The highest BCUT2D eigenvalue weighted by atomic mass is 79.9. The van der Waals surface area contributed by atoms with E-state index in [9.17, 15) is 4.79 Å². The van der Waals surface area contributed by atoms with Crippen molar-refractivity contribution in [1.29, 1.82) is 0 Å². The van der Waals surface area contributed by atoms with Gasteiger partial charge in [-0.1, -0.05) is 35.8 Å². The van der Waals surface area contributed by atoms with Crippen LogP contribution in [0.3, 0.4) is 0 Å². The molecule has 0 heterocycles. The summed E-state index contributed by atoms with van der Waals surface area (Å²) in [6, 6.07) is 12.7. The summed E-state index contributed by atoms with van der Waals surface area (Å²) in [7, 11) is 0. The Bertz CT molecular complexity index is 876. The van der Waals surface area contributed by atoms with Crippen LogP contribution in [-0.4, -0.2) is 37.4 Å². The Kier molecular flexibility index (Phi) is 10.8. The van der Waals surface area contributed by atoms with Gasteiger partial charge >= 0.3 is 0 Å². The Morgan fingerprint density at radius 2 is 1.90 bits per heavy atom. The summed E-state index contributed by atoms with van der Waals surface area (Å²) in [5.74, 6) is 1.38. The number of carbonyl (C=O) groups excluding carboxylic acids is 1. The van der Waals surface area contributed by atoms with E-state index in [1.807, 2.05) is 37.3 Å². The van der Waals surface area contributed by atoms with Gasteiger partial charge in [0.25, 0.3) is 5.91 Å². The second-order valence-electron chi connectivity index (χ2n) is 7.15. The molecule has 6 nitrogen and oxygen atoms in total. The van der Waals surface area contributed by atoms with Gasteiger partial charge in [-0.3, -0.25) is 10.1 Å². The fourth-order valence-electron chi connectivity index (χ4n) is 2.57. The van der Waals surface area contributed by atoms with Crippen molar-refractivity contribution >= 4 is 44.9 Å². The maximum atomic E-state index is 12.8. The first-order valence-electron chi connectivity index (χ1n) is 10.2. The average Bonchev–Trinajstić information content (AvgIpc) is 2.72. The van der Waals surface area contributed by atoms with Crippen molar-refractivity contribution in [3.63, 3.8) is 0 Å². The van der Waals surface area contributed by atoms with Crippen molar-refractivity contribution < 1.29 is 19.0 Å². The van der Waals surface area contributed by atoms with Gasteiger partial charge in [0.05, 0.1) is 18.8 Å². The van der Waals surface area contributed by atoms with Gasteiger partial charge in [-0.2, -0.15) is 0 Å².